The van der Waals surface area contributed by atoms with Crippen molar-refractivity contribution in [3.63, 3.8) is 0 Å². The molecule has 0 saturated carbocycles. The molecule has 1 rings (SSSR count). The number of primary amides is 2. The molecule has 1 heterocycles. The summed E-state index contributed by atoms with van der Waals surface area (Å²) in [6.45, 7) is 3.11. The van der Waals surface area contributed by atoms with Gasteiger partial charge < -0.3 is 20.9 Å². The molecule has 1 aliphatic heterocycles. The molecule has 2 amide bonds. The first-order valence-corrected chi connectivity index (χ1v) is 3.39. The average Bonchev–Trinajstić information content (AvgIpc) is 2.08. The molecule has 1 fully saturated rings. The summed E-state index contributed by atoms with van der Waals surface area (Å²) >= 11 is 0. The quantitative estimate of drug-likeness (QED) is 0.416. The fourth-order valence-corrected chi connectivity index (χ4v) is 0.440. The van der Waals surface area contributed by atoms with E-state index in [1.807, 2.05) is 0 Å². The number of amides is 2. The van der Waals surface area contributed by atoms with Crippen LogP contribution in [0.5, 0.6) is 0 Å². The number of carbonyl (C=O) groups is 2. The summed E-state index contributed by atoms with van der Waals surface area (Å²) in [6.07, 6.45) is 0. The van der Waals surface area contributed by atoms with Gasteiger partial charge >= 0.3 is 11.8 Å². The van der Waals surface area contributed by atoms with E-state index in [2.05, 4.69) is 11.5 Å². The fraction of sp³-hybridized carbons (Fsp3) is 0.667. The van der Waals surface area contributed by atoms with Crippen molar-refractivity contribution >= 4 is 11.8 Å². The Hall–Kier alpha value is -1.14. The van der Waals surface area contributed by atoms with Gasteiger partial charge in [0.05, 0.1) is 26.4 Å². The molecule has 0 spiro atoms. The third-order valence-corrected chi connectivity index (χ3v) is 0.987. The Balaban J connectivity index is 0.000000202. The van der Waals surface area contributed by atoms with Crippen molar-refractivity contribution in [2.45, 2.75) is 0 Å². The molecule has 70 valence electrons. The molecule has 1 saturated heterocycles. The van der Waals surface area contributed by atoms with Crippen LogP contribution in [0.4, 0.5) is 0 Å². The average molecular weight is 176 g/mol. The number of hydrogen-bond acceptors (Lipinski definition) is 4. The highest BCUT2D eigenvalue weighted by atomic mass is 16.6. The third kappa shape index (κ3) is 6.97. The van der Waals surface area contributed by atoms with Crippen molar-refractivity contribution in [3.05, 3.63) is 0 Å². The van der Waals surface area contributed by atoms with Gasteiger partial charge in [-0.25, -0.2) is 0 Å². The van der Waals surface area contributed by atoms with Crippen molar-refractivity contribution in [1.82, 2.24) is 0 Å². The van der Waals surface area contributed by atoms with Gasteiger partial charge in [-0.15, -0.1) is 0 Å². The van der Waals surface area contributed by atoms with E-state index in [9.17, 15) is 9.59 Å². The van der Waals surface area contributed by atoms with E-state index in [1.165, 1.54) is 0 Å². The molecular formula is C6H12N2O4. The van der Waals surface area contributed by atoms with Crippen LogP contribution < -0.4 is 11.5 Å². The molecule has 0 atom stereocenters. The van der Waals surface area contributed by atoms with Crippen LogP contribution in [0, 0.1) is 0 Å². The second-order valence-corrected chi connectivity index (χ2v) is 1.95. The Bertz CT molecular complexity index is 132. The van der Waals surface area contributed by atoms with Gasteiger partial charge in [-0.3, -0.25) is 9.59 Å². The predicted molar refractivity (Wildman–Crippen MR) is 40.0 cm³/mol. The lowest BCUT2D eigenvalue weighted by Gasteiger charge is -2.09. The van der Waals surface area contributed by atoms with Crippen LogP contribution in [-0.4, -0.2) is 38.2 Å². The summed E-state index contributed by atoms with van der Waals surface area (Å²) in [4.78, 5) is 18.9. The van der Waals surface area contributed by atoms with E-state index < -0.39 is 11.8 Å². The van der Waals surface area contributed by atoms with Gasteiger partial charge in [0.25, 0.3) is 0 Å². The van der Waals surface area contributed by atoms with Crippen molar-refractivity contribution in [1.29, 1.82) is 0 Å². The Morgan fingerprint density at radius 1 is 0.833 bits per heavy atom. The molecule has 6 nitrogen and oxygen atoms in total. The van der Waals surface area contributed by atoms with E-state index in [0.29, 0.717) is 0 Å². The van der Waals surface area contributed by atoms with Crippen LogP contribution in [0.1, 0.15) is 0 Å². The second kappa shape index (κ2) is 6.56. The molecule has 0 aromatic rings. The molecular weight excluding hydrogens is 164 g/mol. The number of nitrogens with two attached hydrogens (primary N) is 2. The normalized spacial score (nSPS) is 15.7. The molecule has 0 aliphatic carbocycles. The van der Waals surface area contributed by atoms with Gasteiger partial charge in [0.15, 0.2) is 0 Å². The smallest absolute Gasteiger partial charge is 0.306 e. The van der Waals surface area contributed by atoms with Gasteiger partial charge in [-0.2, -0.15) is 0 Å². The number of carbonyl (C=O) groups excluding carboxylic acids is 2. The summed E-state index contributed by atoms with van der Waals surface area (Å²) in [7, 11) is 0. The first-order valence-electron chi connectivity index (χ1n) is 3.39. The van der Waals surface area contributed by atoms with Crippen molar-refractivity contribution in [3.8, 4) is 0 Å². The second-order valence-electron chi connectivity index (χ2n) is 1.95. The summed E-state index contributed by atoms with van der Waals surface area (Å²) < 4.78 is 9.89. The molecule has 0 radical (unpaired) electrons. The number of hydrogen-bond donors (Lipinski definition) is 2. The molecule has 0 unspecified atom stereocenters. The van der Waals surface area contributed by atoms with E-state index >= 15 is 0 Å². The van der Waals surface area contributed by atoms with E-state index in [1.54, 1.807) is 0 Å². The Labute approximate surface area is 69.8 Å². The van der Waals surface area contributed by atoms with E-state index in [0.717, 1.165) is 26.4 Å². The summed E-state index contributed by atoms with van der Waals surface area (Å²) in [6, 6.07) is 0. The first kappa shape index (κ1) is 10.9. The maximum absolute atomic E-state index is 9.45. The Kier molecular flexibility index (Phi) is 5.94. The van der Waals surface area contributed by atoms with Crippen molar-refractivity contribution in [2.24, 2.45) is 11.5 Å². The highest BCUT2D eigenvalue weighted by Crippen LogP contribution is 1.85. The van der Waals surface area contributed by atoms with Crippen LogP contribution in [0.25, 0.3) is 0 Å². The van der Waals surface area contributed by atoms with Crippen LogP contribution >= 0.6 is 0 Å². The standard InChI is InChI=1S/C4H8O2.C2H4N2O2/c1-2-6-4-3-5-1;3-1(5)2(4)6/h1-4H2;(H2,3,5)(H2,4,6). The Morgan fingerprint density at radius 3 is 1.17 bits per heavy atom. The van der Waals surface area contributed by atoms with Crippen molar-refractivity contribution < 1.29 is 19.1 Å². The fourth-order valence-electron chi connectivity index (χ4n) is 0.440. The summed E-state index contributed by atoms with van der Waals surface area (Å²) in [5.41, 5.74) is 8.64. The topological polar surface area (TPSA) is 105 Å². The Morgan fingerprint density at radius 2 is 1.08 bits per heavy atom. The zero-order valence-electron chi connectivity index (χ0n) is 6.62. The zero-order chi connectivity index (χ0) is 9.40. The monoisotopic (exact) mass is 176 g/mol. The summed E-state index contributed by atoms with van der Waals surface area (Å²) in [5.74, 6) is -2.20. The van der Waals surface area contributed by atoms with E-state index in [-0.39, 0.29) is 0 Å². The van der Waals surface area contributed by atoms with Gasteiger partial charge in [0.1, 0.15) is 0 Å². The molecule has 0 bridgehead atoms. The van der Waals surface area contributed by atoms with Gasteiger partial charge in [-0.05, 0) is 0 Å². The molecule has 1 aliphatic rings. The van der Waals surface area contributed by atoms with Crippen LogP contribution in [0.3, 0.4) is 0 Å². The van der Waals surface area contributed by atoms with Crippen LogP contribution in [0.2, 0.25) is 0 Å². The van der Waals surface area contributed by atoms with Crippen molar-refractivity contribution in [2.75, 3.05) is 26.4 Å². The zero-order valence-corrected chi connectivity index (χ0v) is 6.62. The minimum absolute atomic E-state index is 0.778. The lowest BCUT2D eigenvalue weighted by molar-refractivity contribution is -0.135. The van der Waals surface area contributed by atoms with Gasteiger partial charge in [0, 0.05) is 0 Å². The van der Waals surface area contributed by atoms with Crippen LogP contribution in [0.15, 0.2) is 0 Å². The summed E-state index contributed by atoms with van der Waals surface area (Å²) in [5, 5.41) is 0. The largest absolute Gasteiger partial charge is 0.377 e. The maximum atomic E-state index is 9.45. The predicted octanol–water partition coefficient (Wildman–Crippen LogP) is -2.01. The highest BCUT2D eigenvalue weighted by molar-refractivity contribution is 6.33. The van der Waals surface area contributed by atoms with E-state index in [4.69, 9.17) is 9.47 Å². The van der Waals surface area contributed by atoms with Gasteiger partial charge in [0.2, 0.25) is 0 Å². The SMILES string of the molecule is C1COCCO1.NC(=O)C(N)=O. The highest BCUT2D eigenvalue weighted by Gasteiger charge is 1.96. The maximum Gasteiger partial charge on any atom is 0.306 e. The minimum atomic E-state index is -1.10. The third-order valence-electron chi connectivity index (χ3n) is 0.987. The number of rotatable bonds is 0. The lowest BCUT2D eigenvalue weighted by atomic mass is 10.6. The molecule has 12 heavy (non-hydrogen) atoms. The molecule has 6 heteroatoms. The molecule has 4 N–H and O–H groups in total. The lowest BCUT2D eigenvalue weighted by Crippen LogP contribution is -2.29. The van der Waals surface area contributed by atoms with Gasteiger partial charge in [-0.1, -0.05) is 0 Å². The van der Waals surface area contributed by atoms with Crippen LogP contribution in [-0.2, 0) is 19.1 Å². The molecule has 0 aromatic heterocycles. The first-order chi connectivity index (χ1) is 5.64. The minimum Gasteiger partial charge on any atom is -0.377 e. The molecule has 0 aromatic carbocycles. The number of ether oxygens (including phenoxy) is 2.